The molecule has 1 heterocycles. The summed E-state index contributed by atoms with van der Waals surface area (Å²) in [5.41, 5.74) is 1.24. The Bertz CT molecular complexity index is 557. The second-order valence-corrected chi connectivity index (χ2v) is 6.33. The van der Waals surface area contributed by atoms with Gasteiger partial charge in [0, 0.05) is 39.0 Å². The van der Waals surface area contributed by atoms with Crippen LogP contribution in [0.5, 0.6) is 0 Å². The van der Waals surface area contributed by atoms with E-state index in [1.165, 1.54) is 0 Å². The highest BCUT2D eigenvalue weighted by Crippen LogP contribution is 2.31. The van der Waals surface area contributed by atoms with Crippen LogP contribution >= 0.6 is 0 Å². The fourth-order valence-corrected chi connectivity index (χ4v) is 2.81. The standard InChI is InChI=1S/C18H24N2O3/c1-18(7-10-23-11-8-18)14-20(9-12-22-2)17(21)16-5-3-15(13-19)4-6-16/h3-6H,7-12,14H2,1-2H3. The van der Waals surface area contributed by atoms with Crippen LogP contribution in [0.15, 0.2) is 24.3 Å². The molecule has 0 radical (unpaired) electrons. The summed E-state index contributed by atoms with van der Waals surface area (Å²) in [5.74, 6) is -0.0146. The minimum Gasteiger partial charge on any atom is -0.383 e. The number of methoxy groups -OCH3 is 1. The van der Waals surface area contributed by atoms with E-state index in [-0.39, 0.29) is 11.3 Å². The molecule has 0 unspecified atom stereocenters. The summed E-state index contributed by atoms with van der Waals surface area (Å²) in [6, 6.07) is 8.86. The van der Waals surface area contributed by atoms with Gasteiger partial charge in [-0.3, -0.25) is 4.79 Å². The number of carbonyl (C=O) groups excluding carboxylic acids is 1. The van der Waals surface area contributed by atoms with E-state index in [4.69, 9.17) is 14.7 Å². The van der Waals surface area contributed by atoms with Crippen molar-refractivity contribution in [1.82, 2.24) is 4.90 Å². The molecule has 1 aliphatic rings. The maximum Gasteiger partial charge on any atom is 0.253 e. The minimum atomic E-state index is -0.0146. The maximum atomic E-state index is 12.8. The molecule has 0 bridgehead atoms. The molecule has 1 saturated heterocycles. The van der Waals surface area contributed by atoms with Crippen molar-refractivity contribution in [1.29, 1.82) is 5.26 Å². The van der Waals surface area contributed by atoms with Crippen LogP contribution in [0.1, 0.15) is 35.7 Å². The summed E-state index contributed by atoms with van der Waals surface area (Å²) >= 11 is 0. The molecule has 0 atom stereocenters. The van der Waals surface area contributed by atoms with Crippen molar-refractivity contribution >= 4 is 5.91 Å². The molecule has 5 heteroatoms. The van der Waals surface area contributed by atoms with E-state index in [0.717, 1.165) is 26.1 Å². The number of nitrogens with zero attached hydrogens (tertiary/aromatic N) is 2. The van der Waals surface area contributed by atoms with Gasteiger partial charge in [0.15, 0.2) is 0 Å². The molecule has 1 aromatic carbocycles. The Morgan fingerprint density at radius 2 is 2.00 bits per heavy atom. The first kappa shape index (κ1) is 17.5. The fraction of sp³-hybridized carbons (Fsp3) is 0.556. The van der Waals surface area contributed by atoms with E-state index in [0.29, 0.717) is 30.8 Å². The summed E-state index contributed by atoms with van der Waals surface area (Å²) in [6.45, 7) is 5.47. The fourth-order valence-electron chi connectivity index (χ4n) is 2.81. The zero-order valence-corrected chi connectivity index (χ0v) is 13.9. The number of hydrogen-bond acceptors (Lipinski definition) is 4. The zero-order valence-electron chi connectivity index (χ0n) is 13.9. The van der Waals surface area contributed by atoms with Gasteiger partial charge in [-0.2, -0.15) is 5.26 Å². The number of ether oxygens (including phenoxy) is 2. The molecule has 5 nitrogen and oxygen atoms in total. The summed E-state index contributed by atoms with van der Waals surface area (Å²) in [6.07, 6.45) is 1.91. The van der Waals surface area contributed by atoms with Crippen molar-refractivity contribution in [3.05, 3.63) is 35.4 Å². The van der Waals surface area contributed by atoms with Crippen molar-refractivity contribution < 1.29 is 14.3 Å². The largest absolute Gasteiger partial charge is 0.383 e. The quantitative estimate of drug-likeness (QED) is 0.809. The van der Waals surface area contributed by atoms with Gasteiger partial charge in [0.05, 0.1) is 18.2 Å². The number of amides is 1. The number of benzene rings is 1. The molecule has 0 N–H and O–H groups in total. The summed E-state index contributed by atoms with van der Waals surface area (Å²) < 4.78 is 10.6. The monoisotopic (exact) mass is 316 g/mol. The predicted octanol–water partition coefficient (Wildman–Crippen LogP) is 2.46. The lowest BCUT2D eigenvalue weighted by atomic mass is 9.82. The third-order valence-electron chi connectivity index (χ3n) is 4.39. The van der Waals surface area contributed by atoms with Gasteiger partial charge in [-0.15, -0.1) is 0 Å². The third-order valence-corrected chi connectivity index (χ3v) is 4.39. The van der Waals surface area contributed by atoms with Gasteiger partial charge in [0.2, 0.25) is 0 Å². The molecule has 124 valence electrons. The molecular formula is C18H24N2O3. The highest BCUT2D eigenvalue weighted by atomic mass is 16.5. The Hall–Kier alpha value is -1.90. The van der Waals surface area contributed by atoms with Crippen molar-refractivity contribution in [3.63, 3.8) is 0 Å². The second-order valence-electron chi connectivity index (χ2n) is 6.33. The van der Waals surface area contributed by atoms with Crippen LogP contribution in [-0.4, -0.2) is 50.8 Å². The van der Waals surface area contributed by atoms with Gasteiger partial charge in [-0.05, 0) is 42.5 Å². The van der Waals surface area contributed by atoms with Crippen LogP contribution in [0.2, 0.25) is 0 Å². The normalized spacial score (nSPS) is 16.6. The SMILES string of the molecule is COCCN(CC1(C)CCOCC1)C(=O)c1ccc(C#N)cc1. The Morgan fingerprint density at radius 3 is 2.57 bits per heavy atom. The van der Waals surface area contributed by atoms with Gasteiger partial charge >= 0.3 is 0 Å². The molecule has 0 aromatic heterocycles. The molecule has 0 spiro atoms. The molecule has 0 aliphatic carbocycles. The van der Waals surface area contributed by atoms with Gasteiger partial charge in [-0.1, -0.05) is 6.92 Å². The number of hydrogen-bond donors (Lipinski definition) is 0. The van der Waals surface area contributed by atoms with Gasteiger partial charge < -0.3 is 14.4 Å². The second kappa shape index (κ2) is 8.09. The van der Waals surface area contributed by atoms with Gasteiger partial charge in [-0.25, -0.2) is 0 Å². The summed E-state index contributed by atoms with van der Waals surface area (Å²) in [5, 5.41) is 8.87. The maximum absolute atomic E-state index is 12.8. The first-order valence-electron chi connectivity index (χ1n) is 7.94. The van der Waals surface area contributed by atoms with E-state index in [2.05, 4.69) is 13.0 Å². The number of rotatable bonds is 6. The van der Waals surface area contributed by atoms with E-state index in [1.807, 2.05) is 4.90 Å². The Labute approximate surface area is 137 Å². The van der Waals surface area contributed by atoms with Crippen LogP contribution in [-0.2, 0) is 9.47 Å². The van der Waals surface area contributed by atoms with Crippen LogP contribution in [0, 0.1) is 16.7 Å². The molecule has 23 heavy (non-hydrogen) atoms. The lowest BCUT2D eigenvalue weighted by molar-refractivity contribution is 0.00274. The van der Waals surface area contributed by atoms with Crippen LogP contribution in [0.3, 0.4) is 0 Å². The van der Waals surface area contributed by atoms with Crippen molar-refractivity contribution in [2.24, 2.45) is 5.41 Å². The van der Waals surface area contributed by atoms with E-state index in [1.54, 1.807) is 31.4 Å². The van der Waals surface area contributed by atoms with E-state index >= 15 is 0 Å². The lowest BCUT2D eigenvalue weighted by Gasteiger charge is -2.38. The van der Waals surface area contributed by atoms with Crippen LogP contribution in [0.25, 0.3) is 0 Å². The first-order chi connectivity index (χ1) is 11.1. The molecule has 1 aliphatic heterocycles. The lowest BCUT2D eigenvalue weighted by Crippen LogP contribution is -2.44. The summed E-state index contributed by atoms with van der Waals surface area (Å²) in [4.78, 5) is 14.7. The van der Waals surface area contributed by atoms with Crippen molar-refractivity contribution in [2.75, 3.05) is 40.0 Å². The highest BCUT2D eigenvalue weighted by Gasteiger charge is 2.31. The topological polar surface area (TPSA) is 62.6 Å². The average molecular weight is 316 g/mol. The average Bonchev–Trinajstić information content (AvgIpc) is 2.58. The molecule has 1 aromatic rings. The molecule has 0 saturated carbocycles. The molecular weight excluding hydrogens is 292 g/mol. The van der Waals surface area contributed by atoms with Gasteiger partial charge in [0.1, 0.15) is 0 Å². The van der Waals surface area contributed by atoms with Crippen molar-refractivity contribution in [2.45, 2.75) is 19.8 Å². The summed E-state index contributed by atoms with van der Waals surface area (Å²) in [7, 11) is 1.64. The Kier molecular flexibility index (Phi) is 6.14. The number of nitriles is 1. The predicted molar refractivity (Wildman–Crippen MR) is 87.1 cm³/mol. The van der Waals surface area contributed by atoms with E-state index < -0.39 is 0 Å². The Balaban J connectivity index is 2.12. The molecule has 2 rings (SSSR count). The van der Waals surface area contributed by atoms with Gasteiger partial charge in [0.25, 0.3) is 5.91 Å². The molecule has 1 fully saturated rings. The molecule has 1 amide bonds. The van der Waals surface area contributed by atoms with Crippen LogP contribution < -0.4 is 0 Å². The van der Waals surface area contributed by atoms with Crippen molar-refractivity contribution in [3.8, 4) is 6.07 Å². The zero-order chi connectivity index (χ0) is 16.7. The van der Waals surface area contributed by atoms with E-state index in [9.17, 15) is 4.79 Å². The van der Waals surface area contributed by atoms with Crippen LogP contribution in [0.4, 0.5) is 0 Å². The Morgan fingerprint density at radius 1 is 1.35 bits per heavy atom. The number of carbonyl (C=O) groups is 1. The third kappa shape index (κ3) is 4.78. The first-order valence-corrected chi connectivity index (χ1v) is 7.94. The minimum absolute atomic E-state index is 0.0146. The smallest absolute Gasteiger partial charge is 0.253 e. The highest BCUT2D eigenvalue weighted by molar-refractivity contribution is 5.94.